The van der Waals surface area contributed by atoms with Gasteiger partial charge in [-0.05, 0) is 58.2 Å². The highest BCUT2D eigenvalue weighted by molar-refractivity contribution is 5.96. The number of ether oxygens (including phenoxy) is 3. The fourth-order valence-electron chi connectivity index (χ4n) is 3.54. The molecule has 216 valence electrons. The summed E-state index contributed by atoms with van der Waals surface area (Å²) in [4.78, 5) is 51.9. The molecule has 0 unspecified atom stereocenters. The first kappa shape index (κ1) is 33.2. The van der Waals surface area contributed by atoms with E-state index >= 15 is 0 Å². The number of nitrogens with one attached hydrogen (secondary N) is 3. The molecule has 0 heterocycles. The average Bonchev–Trinajstić information content (AvgIpc) is 2.84. The van der Waals surface area contributed by atoms with Gasteiger partial charge in [-0.3, -0.25) is 9.59 Å². The van der Waals surface area contributed by atoms with E-state index in [0.717, 1.165) is 5.56 Å². The van der Waals surface area contributed by atoms with E-state index in [-0.39, 0.29) is 12.3 Å². The number of methoxy groups -OCH3 is 1. The average molecular weight is 546 g/mol. The summed E-state index contributed by atoms with van der Waals surface area (Å²) in [5.74, 6) is -1.69. The largest absolute Gasteiger partial charge is 0.490 e. The third kappa shape index (κ3) is 10.1. The van der Waals surface area contributed by atoms with Crippen molar-refractivity contribution in [1.82, 2.24) is 16.0 Å². The number of carbonyl (C=O) groups is 4. The molecule has 39 heavy (non-hydrogen) atoms. The second-order valence-electron chi connectivity index (χ2n) is 11.0. The molecular weight excluding hydrogens is 502 g/mol. The lowest BCUT2D eigenvalue weighted by Gasteiger charge is -2.34. The maximum absolute atomic E-state index is 13.7. The first-order chi connectivity index (χ1) is 18.0. The van der Waals surface area contributed by atoms with Crippen molar-refractivity contribution >= 4 is 23.9 Å². The van der Waals surface area contributed by atoms with Crippen LogP contribution in [0.1, 0.15) is 54.0 Å². The van der Waals surface area contributed by atoms with Crippen LogP contribution in [-0.4, -0.2) is 60.3 Å². The number of amides is 3. The summed E-state index contributed by atoms with van der Waals surface area (Å²) in [6.07, 6.45) is 2.18. The molecule has 10 nitrogen and oxygen atoms in total. The van der Waals surface area contributed by atoms with E-state index in [9.17, 15) is 19.2 Å². The number of esters is 1. The third-order valence-electron chi connectivity index (χ3n) is 5.76. The lowest BCUT2D eigenvalue weighted by Crippen LogP contribution is -2.64. The molecule has 10 heteroatoms. The summed E-state index contributed by atoms with van der Waals surface area (Å²) in [5, 5.41) is 8.02. The zero-order chi connectivity index (χ0) is 30.0. The Morgan fingerprint density at radius 1 is 0.974 bits per heavy atom. The van der Waals surface area contributed by atoms with Crippen molar-refractivity contribution in [3.8, 4) is 5.75 Å². The molecule has 0 fully saturated rings. The zero-order valence-electron chi connectivity index (χ0n) is 24.3. The quantitative estimate of drug-likeness (QED) is 0.255. The van der Waals surface area contributed by atoms with Gasteiger partial charge in [0.05, 0.1) is 7.11 Å². The van der Waals surface area contributed by atoms with Crippen molar-refractivity contribution in [2.24, 2.45) is 5.92 Å². The minimum atomic E-state index is -1.51. The van der Waals surface area contributed by atoms with Crippen molar-refractivity contribution in [1.29, 1.82) is 0 Å². The predicted octanol–water partition coefficient (Wildman–Crippen LogP) is 3.45. The highest BCUT2D eigenvalue weighted by atomic mass is 16.6. The van der Waals surface area contributed by atoms with E-state index < -0.39 is 46.6 Å². The molecule has 0 aromatic heterocycles. The number of hydrogen-bond donors (Lipinski definition) is 3. The molecule has 1 rings (SSSR count). The van der Waals surface area contributed by atoms with Crippen LogP contribution in [0.2, 0.25) is 0 Å². The SMILES string of the molecule is C=CCOc1ccc(C[C@@](C)(NC(=O)OC(C)(C)C)C(=O)N[C@H](C(=O)N[C@](C)(C=C)C(=O)OC)C(C)C)cc1. The van der Waals surface area contributed by atoms with Crippen LogP contribution in [0.5, 0.6) is 5.75 Å². The number of rotatable bonds is 13. The van der Waals surface area contributed by atoms with Crippen molar-refractivity contribution in [3.63, 3.8) is 0 Å². The van der Waals surface area contributed by atoms with Crippen LogP contribution < -0.4 is 20.7 Å². The Hall–Kier alpha value is -3.82. The van der Waals surface area contributed by atoms with Gasteiger partial charge in [-0.2, -0.15) is 0 Å². The van der Waals surface area contributed by atoms with Crippen molar-refractivity contribution in [2.75, 3.05) is 13.7 Å². The smallest absolute Gasteiger partial charge is 0.408 e. The Bertz CT molecular complexity index is 1050. The molecular formula is C29H43N3O7. The summed E-state index contributed by atoms with van der Waals surface area (Å²) in [7, 11) is 1.20. The van der Waals surface area contributed by atoms with E-state index in [1.807, 2.05) is 0 Å². The molecule has 3 amide bonds. The highest BCUT2D eigenvalue weighted by Crippen LogP contribution is 2.20. The molecule has 0 bridgehead atoms. The zero-order valence-corrected chi connectivity index (χ0v) is 24.3. The Balaban J connectivity index is 3.29. The van der Waals surface area contributed by atoms with Crippen LogP contribution in [0, 0.1) is 5.92 Å². The third-order valence-corrected chi connectivity index (χ3v) is 5.76. The van der Waals surface area contributed by atoms with Gasteiger partial charge in [-0.1, -0.05) is 44.7 Å². The summed E-state index contributed by atoms with van der Waals surface area (Å²) >= 11 is 0. The fraction of sp³-hybridized carbons (Fsp3) is 0.517. The Morgan fingerprint density at radius 2 is 1.56 bits per heavy atom. The Labute approximate surface area is 231 Å². The van der Waals surface area contributed by atoms with Gasteiger partial charge in [0, 0.05) is 6.42 Å². The van der Waals surface area contributed by atoms with Crippen LogP contribution in [0.15, 0.2) is 49.6 Å². The van der Waals surface area contributed by atoms with Gasteiger partial charge in [0.2, 0.25) is 11.8 Å². The van der Waals surface area contributed by atoms with E-state index in [1.54, 1.807) is 71.9 Å². The molecule has 0 saturated carbocycles. The van der Waals surface area contributed by atoms with E-state index in [1.165, 1.54) is 20.1 Å². The van der Waals surface area contributed by atoms with E-state index in [0.29, 0.717) is 12.4 Å². The molecule has 0 aliphatic heterocycles. The van der Waals surface area contributed by atoms with Gasteiger partial charge < -0.3 is 30.2 Å². The standard InChI is InChI=1S/C29H43N3O7/c1-11-17-38-21-15-13-20(14-16-21)18-29(9,32-26(36)39-27(5,6)7)24(34)30-22(19(3)4)23(33)31-28(8,12-2)25(35)37-10/h11-16,19,22H,1-2,17-18H2,3-10H3,(H,30,34)(H,31,33)(H,32,36)/t22-,28+,29+/m0/s1. The van der Waals surface area contributed by atoms with Crippen LogP contribution in [-0.2, 0) is 30.3 Å². The summed E-state index contributed by atoms with van der Waals surface area (Å²) in [5.41, 5.74) is -3.08. The molecule has 0 aliphatic carbocycles. The molecule has 3 atom stereocenters. The van der Waals surface area contributed by atoms with Crippen molar-refractivity contribution in [3.05, 3.63) is 55.1 Å². The van der Waals surface area contributed by atoms with Crippen LogP contribution in [0.4, 0.5) is 4.79 Å². The molecule has 1 aromatic rings. The first-order valence-corrected chi connectivity index (χ1v) is 12.7. The maximum Gasteiger partial charge on any atom is 0.408 e. The molecule has 0 radical (unpaired) electrons. The van der Waals surface area contributed by atoms with Gasteiger partial charge >= 0.3 is 12.1 Å². The van der Waals surface area contributed by atoms with Gasteiger partial charge in [-0.25, -0.2) is 9.59 Å². The molecule has 3 N–H and O–H groups in total. The van der Waals surface area contributed by atoms with Crippen LogP contribution in [0.25, 0.3) is 0 Å². The van der Waals surface area contributed by atoms with E-state index in [2.05, 4.69) is 29.1 Å². The van der Waals surface area contributed by atoms with Crippen molar-refractivity contribution < 1.29 is 33.4 Å². The monoisotopic (exact) mass is 545 g/mol. The Kier molecular flexibility index (Phi) is 11.8. The fourth-order valence-corrected chi connectivity index (χ4v) is 3.54. The summed E-state index contributed by atoms with van der Waals surface area (Å²) in [6.45, 7) is 19.2. The van der Waals surface area contributed by atoms with Crippen molar-refractivity contribution in [2.45, 2.75) is 77.6 Å². The Morgan fingerprint density at radius 3 is 2.03 bits per heavy atom. The topological polar surface area (TPSA) is 132 Å². The number of carbonyl (C=O) groups excluding carboxylic acids is 4. The molecule has 1 aromatic carbocycles. The molecule has 0 saturated heterocycles. The maximum atomic E-state index is 13.7. The minimum absolute atomic E-state index is 0.0821. The number of alkyl carbamates (subject to hydrolysis) is 1. The van der Waals surface area contributed by atoms with Crippen LogP contribution >= 0.6 is 0 Å². The lowest BCUT2D eigenvalue weighted by atomic mass is 9.90. The minimum Gasteiger partial charge on any atom is -0.490 e. The van der Waals surface area contributed by atoms with Gasteiger partial charge in [0.25, 0.3) is 0 Å². The number of hydrogen-bond acceptors (Lipinski definition) is 7. The summed E-state index contributed by atoms with van der Waals surface area (Å²) < 4.78 is 15.7. The van der Waals surface area contributed by atoms with Gasteiger partial charge in [0.1, 0.15) is 29.5 Å². The summed E-state index contributed by atoms with van der Waals surface area (Å²) in [6, 6.07) is 6.00. The second kappa shape index (κ2) is 13.8. The second-order valence-corrected chi connectivity index (χ2v) is 11.0. The lowest BCUT2D eigenvalue weighted by molar-refractivity contribution is -0.148. The highest BCUT2D eigenvalue weighted by Gasteiger charge is 2.41. The first-order valence-electron chi connectivity index (χ1n) is 12.7. The van der Waals surface area contributed by atoms with Crippen LogP contribution in [0.3, 0.4) is 0 Å². The number of benzene rings is 1. The molecule has 0 aliphatic rings. The van der Waals surface area contributed by atoms with Gasteiger partial charge in [0.15, 0.2) is 5.54 Å². The molecule has 0 spiro atoms. The predicted molar refractivity (Wildman–Crippen MR) is 149 cm³/mol. The normalized spacial score (nSPS) is 15.0. The van der Waals surface area contributed by atoms with Gasteiger partial charge in [-0.15, -0.1) is 6.58 Å². The van der Waals surface area contributed by atoms with E-state index in [4.69, 9.17) is 14.2 Å².